The zero-order valence-electron chi connectivity index (χ0n) is 31.6. The first-order valence-electron chi connectivity index (χ1n) is 18.4. The van der Waals surface area contributed by atoms with Crippen LogP contribution in [-0.4, -0.2) is 107 Å². The summed E-state index contributed by atoms with van der Waals surface area (Å²) in [4.78, 5) is 69.2. The van der Waals surface area contributed by atoms with Crippen LogP contribution in [0.15, 0.2) is 60.9 Å². The molecule has 2 fully saturated rings. The number of carbonyl (C=O) groups is 4. The summed E-state index contributed by atoms with van der Waals surface area (Å²) in [6, 6.07) is 14.5. The van der Waals surface area contributed by atoms with Gasteiger partial charge >= 0.3 is 18.8 Å². The van der Waals surface area contributed by atoms with E-state index in [0.717, 1.165) is 40.8 Å². The van der Waals surface area contributed by atoms with Gasteiger partial charge in [0, 0.05) is 19.0 Å². The molecular formula is C39H46F2N8O7. The number of halogens is 2. The van der Waals surface area contributed by atoms with E-state index >= 15 is 0 Å². The number of rotatable bonds is 13. The predicted molar refractivity (Wildman–Crippen MR) is 200 cm³/mol. The molecule has 0 unspecified atom stereocenters. The number of ether oxygens (including phenoxy) is 3. The first kappa shape index (κ1) is 39.8. The van der Waals surface area contributed by atoms with Crippen LogP contribution in [0.1, 0.15) is 56.8 Å². The van der Waals surface area contributed by atoms with E-state index in [2.05, 4.69) is 40.0 Å². The van der Waals surface area contributed by atoms with Crippen molar-refractivity contribution in [2.45, 2.75) is 57.8 Å². The van der Waals surface area contributed by atoms with Gasteiger partial charge in [0.05, 0.1) is 56.7 Å². The monoisotopic (exact) mass is 776 g/mol. The Bertz CT molecular complexity index is 1980. The molecule has 4 atom stereocenters. The number of hydrogen-bond donors (Lipinski definition) is 4. The van der Waals surface area contributed by atoms with Gasteiger partial charge in [-0.25, -0.2) is 19.6 Å². The van der Waals surface area contributed by atoms with Crippen molar-refractivity contribution < 1.29 is 42.2 Å². The number of hydrogen-bond acceptors (Lipinski definition) is 9. The Hall–Kier alpha value is -5.84. The van der Waals surface area contributed by atoms with Gasteiger partial charge in [-0.05, 0) is 47.4 Å². The SMILES string of the molecule is COC(=O)NCC(=O)N1C[C@@H](COC(F)F)C[C@H]1c1ncc(-c2ccc(-c3ccc(-c4cnc([C@@H]5CCCN5C(=O)[C@@H](NC(=O)OC)C(C)C)[nH]4)cc3)cc2)[nH]1. The number of amides is 4. The molecule has 0 aliphatic carbocycles. The van der Waals surface area contributed by atoms with E-state index in [-0.39, 0.29) is 43.5 Å². The second kappa shape index (κ2) is 17.7. The van der Waals surface area contributed by atoms with Crippen LogP contribution in [0.3, 0.4) is 0 Å². The number of aromatic amines is 2. The molecule has 15 nitrogen and oxygen atoms in total. The van der Waals surface area contributed by atoms with Gasteiger partial charge in [-0.1, -0.05) is 62.4 Å². The third kappa shape index (κ3) is 9.16. The van der Waals surface area contributed by atoms with Crippen molar-refractivity contribution in [2.24, 2.45) is 11.8 Å². The molecule has 0 radical (unpaired) electrons. The number of imidazole rings is 2. The highest BCUT2D eigenvalue weighted by Gasteiger charge is 2.39. The zero-order valence-corrected chi connectivity index (χ0v) is 31.6. The summed E-state index contributed by atoms with van der Waals surface area (Å²) >= 11 is 0. The van der Waals surface area contributed by atoms with Crippen LogP contribution in [0.2, 0.25) is 0 Å². The van der Waals surface area contributed by atoms with Gasteiger partial charge in [-0.15, -0.1) is 0 Å². The van der Waals surface area contributed by atoms with E-state index in [1.807, 2.05) is 62.4 Å². The minimum absolute atomic E-state index is 0.126. The Morgan fingerprint density at radius 1 is 0.821 bits per heavy atom. The number of H-pyrrole nitrogens is 2. The fourth-order valence-corrected chi connectivity index (χ4v) is 7.29. The molecule has 56 heavy (non-hydrogen) atoms. The van der Waals surface area contributed by atoms with Gasteiger partial charge in [0.1, 0.15) is 24.2 Å². The number of benzene rings is 2. The minimum atomic E-state index is -2.92. The molecule has 4 N–H and O–H groups in total. The molecule has 0 spiro atoms. The maximum absolute atomic E-state index is 13.5. The van der Waals surface area contributed by atoms with Crippen LogP contribution < -0.4 is 10.6 Å². The number of aromatic nitrogens is 4. The van der Waals surface area contributed by atoms with Crippen LogP contribution in [-0.2, 0) is 23.8 Å². The van der Waals surface area contributed by atoms with Crippen molar-refractivity contribution in [3.05, 3.63) is 72.6 Å². The number of likely N-dealkylation sites (tertiary alicyclic amines) is 2. The van der Waals surface area contributed by atoms with Crippen molar-refractivity contribution in [1.82, 2.24) is 40.4 Å². The molecule has 4 amide bonds. The predicted octanol–water partition coefficient (Wildman–Crippen LogP) is 5.66. The average molecular weight is 777 g/mol. The van der Waals surface area contributed by atoms with E-state index in [1.165, 1.54) is 19.1 Å². The van der Waals surface area contributed by atoms with Gasteiger partial charge in [0.25, 0.3) is 0 Å². The minimum Gasteiger partial charge on any atom is -0.453 e. The molecule has 17 heteroatoms. The molecule has 4 aromatic rings. The third-order valence-corrected chi connectivity index (χ3v) is 10.2. The van der Waals surface area contributed by atoms with E-state index in [1.54, 1.807) is 17.3 Å². The lowest BCUT2D eigenvalue weighted by molar-refractivity contribution is -0.138. The van der Waals surface area contributed by atoms with Crippen molar-refractivity contribution in [2.75, 3.05) is 40.5 Å². The maximum Gasteiger partial charge on any atom is 0.407 e. The highest BCUT2D eigenvalue weighted by molar-refractivity contribution is 5.86. The van der Waals surface area contributed by atoms with Crippen molar-refractivity contribution >= 4 is 24.0 Å². The van der Waals surface area contributed by atoms with Crippen LogP contribution in [0.4, 0.5) is 18.4 Å². The normalized spacial score (nSPS) is 18.7. The fraction of sp³-hybridized carbons (Fsp3) is 0.436. The van der Waals surface area contributed by atoms with Crippen molar-refractivity contribution in [1.29, 1.82) is 0 Å². The van der Waals surface area contributed by atoms with Gasteiger partial charge in [0.15, 0.2) is 0 Å². The number of carbonyl (C=O) groups excluding carboxylic acids is 4. The summed E-state index contributed by atoms with van der Waals surface area (Å²) in [7, 11) is 2.46. The maximum atomic E-state index is 13.5. The molecule has 2 saturated heterocycles. The summed E-state index contributed by atoms with van der Waals surface area (Å²) < 4.78 is 39.4. The van der Waals surface area contributed by atoms with Gasteiger partial charge in [-0.3, -0.25) is 9.59 Å². The van der Waals surface area contributed by atoms with Crippen molar-refractivity contribution in [3.63, 3.8) is 0 Å². The molecule has 6 rings (SSSR count). The number of nitrogens with zero attached hydrogens (tertiary/aromatic N) is 4. The number of methoxy groups -OCH3 is 2. The van der Waals surface area contributed by atoms with E-state index in [0.29, 0.717) is 30.3 Å². The largest absolute Gasteiger partial charge is 0.453 e. The average Bonchev–Trinajstić information content (AvgIpc) is 4.04. The van der Waals surface area contributed by atoms with Crippen LogP contribution in [0, 0.1) is 11.8 Å². The lowest BCUT2D eigenvalue weighted by Crippen LogP contribution is -2.51. The Labute approximate surface area is 322 Å². The first-order valence-corrected chi connectivity index (χ1v) is 18.4. The summed E-state index contributed by atoms with van der Waals surface area (Å²) in [6.45, 7) is 1.04. The Balaban J connectivity index is 1.11. The second-order valence-corrected chi connectivity index (χ2v) is 14.2. The lowest BCUT2D eigenvalue weighted by Gasteiger charge is -2.30. The Kier molecular flexibility index (Phi) is 12.6. The lowest BCUT2D eigenvalue weighted by atomic mass is 10.0. The quantitative estimate of drug-likeness (QED) is 0.133. The second-order valence-electron chi connectivity index (χ2n) is 14.2. The van der Waals surface area contributed by atoms with Crippen LogP contribution >= 0.6 is 0 Å². The Morgan fingerprint density at radius 3 is 1.91 bits per heavy atom. The first-order chi connectivity index (χ1) is 26.9. The fourth-order valence-electron chi connectivity index (χ4n) is 7.29. The van der Waals surface area contributed by atoms with Gasteiger partial charge < -0.3 is 44.6 Å². The standard InChI is InChI=1S/C39H46F2N8O7/c1-22(2)33(47-39(53)55-4)36(51)48-15-5-6-30(48)34-42-17-28(45-34)26-11-7-24(8-12-26)25-9-13-27(14-10-25)29-18-43-35(46-29)31-16-23(21-56-37(40)41)20-49(31)32(50)19-44-38(52)54-3/h7-14,17-18,22-23,30-31,33,37H,5-6,15-16,19-21H2,1-4H3,(H,42,45)(H,43,46)(H,44,52)(H,47,53)/t23-,30-,31-,33-/m0/s1. The molecule has 0 bridgehead atoms. The number of alkyl carbamates (subject to hydrolysis) is 2. The molecule has 298 valence electrons. The summed E-state index contributed by atoms with van der Waals surface area (Å²) in [5.74, 6) is 0.145. The van der Waals surface area contributed by atoms with Crippen LogP contribution in [0.25, 0.3) is 33.6 Å². The molecule has 2 aliphatic rings. The summed E-state index contributed by atoms with van der Waals surface area (Å²) in [6.07, 6.45) is 3.96. The van der Waals surface area contributed by atoms with E-state index < -0.39 is 36.8 Å². The van der Waals surface area contributed by atoms with E-state index in [4.69, 9.17) is 4.74 Å². The van der Waals surface area contributed by atoms with E-state index in [9.17, 15) is 28.0 Å². The number of alkyl halides is 2. The molecule has 0 saturated carbocycles. The summed E-state index contributed by atoms with van der Waals surface area (Å²) in [5.41, 5.74) is 5.30. The molecule has 2 aromatic heterocycles. The molecular weight excluding hydrogens is 730 g/mol. The third-order valence-electron chi connectivity index (χ3n) is 10.2. The molecule has 2 aliphatic heterocycles. The highest BCUT2D eigenvalue weighted by atomic mass is 19.3. The topological polar surface area (TPSA) is 184 Å². The van der Waals surface area contributed by atoms with Crippen molar-refractivity contribution in [3.8, 4) is 33.6 Å². The molecule has 2 aromatic carbocycles. The molecule has 4 heterocycles. The van der Waals surface area contributed by atoms with Gasteiger partial charge in [0.2, 0.25) is 11.8 Å². The van der Waals surface area contributed by atoms with Crippen LogP contribution in [0.5, 0.6) is 0 Å². The number of nitrogens with one attached hydrogen (secondary N) is 4. The summed E-state index contributed by atoms with van der Waals surface area (Å²) in [5, 5.41) is 5.05. The zero-order chi connectivity index (χ0) is 39.9. The van der Waals surface area contributed by atoms with Gasteiger partial charge in [-0.2, -0.15) is 8.78 Å². The highest BCUT2D eigenvalue weighted by Crippen LogP contribution is 2.36. The Morgan fingerprint density at radius 2 is 1.38 bits per heavy atom. The smallest absolute Gasteiger partial charge is 0.407 e.